The van der Waals surface area contributed by atoms with Crippen LogP contribution in [0.3, 0.4) is 0 Å². The van der Waals surface area contributed by atoms with E-state index in [9.17, 15) is 14.4 Å². The molecule has 0 unspecified atom stereocenters. The molecule has 6 nitrogen and oxygen atoms in total. The first kappa shape index (κ1) is 19.6. The second-order valence-corrected chi connectivity index (χ2v) is 4.18. The van der Waals surface area contributed by atoms with Gasteiger partial charge in [0.1, 0.15) is 13.1 Å². The molecule has 0 saturated carbocycles. The van der Waals surface area contributed by atoms with Crippen molar-refractivity contribution in [3.8, 4) is 0 Å². The SMILES string of the molecule is CC.COC(=O)CN(CC(=O)OC)C(=O)c1ccc(C)cc1. The van der Waals surface area contributed by atoms with Crippen molar-refractivity contribution in [1.29, 1.82) is 0 Å². The summed E-state index contributed by atoms with van der Waals surface area (Å²) in [6.07, 6.45) is 0. The van der Waals surface area contributed by atoms with Crippen molar-refractivity contribution in [1.82, 2.24) is 4.90 Å². The number of aryl methyl sites for hydroxylation is 1. The van der Waals surface area contributed by atoms with E-state index in [1.807, 2.05) is 20.8 Å². The number of amides is 1. The van der Waals surface area contributed by atoms with Crippen molar-refractivity contribution in [3.63, 3.8) is 0 Å². The Balaban J connectivity index is 0.00000211. The molecule has 0 aliphatic rings. The van der Waals surface area contributed by atoms with Gasteiger partial charge in [-0.2, -0.15) is 0 Å². The summed E-state index contributed by atoms with van der Waals surface area (Å²) in [5.74, 6) is -1.63. The highest BCUT2D eigenvalue weighted by Crippen LogP contribution is 2.07. The van der Waals surface area contributed by atoms with Gasteiger partial charge in [-0.25, -0.2) is 0 Å². The first-order valence-corrected chi connectivity index (χ1v) is 6.97. The van der Waals surface area contributed by atoms with Gasteiger partial charge in [0.05, 0.1) is 14.2 Å². The van der Waals surface area contributed by atoms with E-state index < -0.39 is 17.8 Å². The van der Waals surface area contributed by atoms with E-state index in [2.05, 4.69) is 9.47 Å². The van der Waals surface area contributed by atoms with E-state index in [1.165, 1.54) is 14.2 Å². The van der Waals surface area contributed by atoms with Crippen molar-refractivity contribution in [2.75, 3.05) is 27.3 Å². The minimum Gasteiger partial charge on any atom is -0.468 e. The van der Waals surface area contributed by atoms with Crippen LogP contribution >= 0.6 is 0 Å². The summed E-state index contributed by atoms with van der Waals surface area (Å²) < 4.78 is 9.03. The largest absolute Gasteiger partial charge is 0.468 e. The zero-order valence-corrected chi connectivity index (χ0v) is 13.7. The predicted octanol–water partition coefficient (Wildman–Crippen LogP) is 1.81. The van der Waals surface area contributed by atoms with Gasteiger partial charge in [0.25, 0.3) is 5.91 Å². The monoisotopic (exact) mass is 309 g/mol. The number of carbonyl (C=O) groups is 3. The van der Waals surface area contributed by atoms with E-state index >= 15 is 0 Å². The number of nitrogens with zero attached hydrogens (tertiary/aromatic N) is 1. The van der Waals surface area contributed by atoms with E-state index in [0.29, 0.717) is 5.56 Å². The fourth-order valence-electron chi connectivity index (χ4n) is 1.52. The van der Waals surface area contributed by atoms with Crippen LogP contribution < -0.4 is 0 Å². The van der Waals surface area contributed by atoms with E-state index in [1.54, 1.807) is 24.3 Å². The third-order valence-corrected chi connectivity index (χ3v) is 2.68. The summed E-state index contributed by atoms with van der Waals surface area (Å²) >= 11 is 0. The van der Waals surface area contributed by atoms with Crippen molar-refractivity contribution >= 4 is 17.8 Å². The number of ether oxygens (including phenoxy) is 2. The molecule has 0 atom stereocenters. The molecule has 0 saturated heterocycles. The third-order valence-electron chi connectivity index (χ3n) is 2.68. The zero-order valence-electron chi connectivity index (χ0n) is 13.7. The number of carbonyl (C=O) groups excluding carboxylic acids is 3. The fourth-order valence-corrected chi connectivity index (χ4v) is 1.52. The third kappa shape index (κ3) is 6.39. The molecule has 0 aliphatic heterocycles. The summed E-state index contributed by atoms with van der Waals surface area (Å²) in [6, 6.07) is 6.84. The Bertz CT molecular complexity index is 478. The maximum Gasteiger partial charge on any atom is 0.325 e. The van der Waals surface area contributed by atoms with Gasteiger partial charge < -0.3 is 14.4 Å². The quantitative estimate of drug-likeness (QED) is 0.776. The van der Waals surface area contributed by atoms with Gasteiger partial charge in [-0.05, 0) is 19.1 Å². The predicted molar refractivity (Wildman–Crippen MR) is 82.5 cm³/mol. The smallest absolute Gasteiger partial charge is 0.325 e. The van der Waals surface area contributed by atoms with Gasteiger partial charge in [-0.3, -0.25) is 14.4 Å². The first-order valence-electron chi connectivity index (χ1n) is 6.97. The van der Waals surface area contributed by atoms with E-state index in [0.717, 1.165) is 10.5 Å². The minimum atomic E-state index is -0.602. The van der Waals surface area contributed by atoms with Crippen molar-refractivity contribution in [3.05, 3.63) is 35.4 Å². The van der Waals surface area contributed by atoms with Gasteiger partial charge in [0, 0.05) is 5.56 Å². The van der Waals surface area contributed by atoms with E-state index in [4.69, 9.17) is 0 Å². The normalized spacial score (nSPS) is 9.14. The molecule has 6 heteroatoms. The second kappa shape index (κ2) is 10.4. The van der Waals surface area contributed by atoms with Crippen LogP contribution in [-0.2, 0) is 19.1 Å². The molecule has 0 radical (unpaired) electrons. The van der Waals surface area contributed by atoms with Crippen LogP contribution in [0.15, 0.2) is 24.3 Å². The Labute approximate surface area is 131 Å². The Morgan fingerprint density at radius 1 is 0.909 bits per heavy atom. The molecule has 1 aromatic rings. The Morgan fingerprint density at radius 3 is 1.68 bits per heavy atom. The Hall–Kier alpha value is -2.37. The van der Waals surface area contributed by atoms with Crippen molar-refractivity contribution in [2.24, 2.45) is 0 Å². The molecule has 122 valence electrons. The summed E-state index contributed by atoms with van der Waals surface area (Å²) in [5, 5.41) is 0. The Kier molecular flexibility index (Phi) is 9.25. The van der Waals surface area contributed by atoms with Crippen LogP contribution in [0.1, 0.15) is 29.8 Å². The lowest BCUT2D eigenvalue weighted by Crippen LogP contribution is -2.40. The average molecular weight is 309 g/mol. The van der Waals surface area contributed by atoms with Crippen LogP contribution in [0.2, 0.25) is 0 Å². The first-order chi connectivity index (χ1) is 10.5. The van der Waals surface area contributed by atoms with Crippen LogP contribution in [0.5, 0.6) is 0 Å². The lowest BCUT2D eigenvalue weighted by Gasteiger charge is -2.20. The molecular formula is C16H23NO5. The summed E-state index contributed by atoms with van der Waals surface area (Å²) in [6.45, 7) is 5.28. The Morgan fingerprint density at radius 2 is 1.32 bits per heavy atom. The molecule has 0 spiro atoms. The zero-order chi connectivity index (χ0) is 17.1. The van der Waals surface area contributed by atoms with Gasteiger partial charge in [0.2, 0.25) is 0 Å². The second-order valence-electron chi connectivity index (χ2n) is 4.18. The minimum absolute atomic E-state index is 0.307. The van der Waals surface area contributed by atoms with Crippen LogP contribution in [0.25, 0.3) is 0 Å². The maximum atomic E-state index is 12.3. The average Bonchev–Trinajstić information content (AvgIpc) is 2.55. The number of hydrogen-bond donors (Lipinski definition) is 0. The number of benzene rings is 1. The van der Waals surface area contributed by atoms with Gasteiger partial charge in [-0.15, -0.1) is 0 Å². The molecule has 1 aromatic carbocycles. The van der Waals surface area contributed by atoms with Gasteiger partial charge in [0.15, 0.2) is 0 Å². The number of methoxy groups -OCH3 is 2. The highest BCUT2D eigenvalue weighted by Gasteiger charge is 2.22. The molecule has 0 fully saturated rings. The maximum absolute atomic E-state index is 12.3. The lowest BCUT2D eigenvalue weighted by molar-refractivity contribution is -0.144. The lowest BCUT2D eigenvalue weighted by atomic mass is 10.1. The summed E-state index contributed by atoms with van der Waals surface area (Å²) in [4.78, 5) is 36.0. The van der Waals surface area contributed by atoms with Gasteiger partial charge >= 0.3 is 11.9 Å². The fraction of sp³-hybridized carbons (Fsp3) is 0.438. The summed E-state index contributed by atoms with van der Waals surface area (Å²) in [7, 11) is 2.43. The molecule has 1 rings (SSSR count). The molecule has 0 N–H and O–H groups in total. The number of esters is 2. The highest BCUT2D eigenvalue weighted by molar-refractivity contribution is 5.97. The summed E-state index contributed by atoms with van der Waals surface area (Å²) in [5.41, 5.74) is 1.40. The molecule has 22 heavy (non-hydrogen) atoms. The standard InChI is InChI=1S/C14H17NO5.C2H6/c1-10-4-6-11(7-5-10)14(18)15(8-12(16)19-2)9-13(17)20-3;1-2/h4-7H,8-9H2,1-3H3;1-2H3. The van der Waals surface area contributed by atoms with Crippen LogP contribution in [0, 0.1) is 6.92 Å². The number of hydrogen-bond acceptors (Lipinski definition) is 5. The molecule has 0 heterocycles. The van der Waals surface area contributed by atoms with Crippen molar-refractivity contribution in [2.45, 2.75) is 20.8 Å². The molecule has 0 aliphatic carbocycles. The molecule has 0 bridgehead atoms. The van der Waals surface area contributed by atoms with Crippen LogP contribution in [-0.4, -0.2) is 50.1 Å². The topological polar surface area (TPSA) is 72.9 Å². The highest BCUT2D eigenvalue weighted by atomic mass is 16.5. The van der Waals surface area contributed by atoms with Gasteiger partial charge in [-0.1, -0.05) is 31.5 Å². The van der Waals surface area contributed by atoms with Crippen LogP contribution in [0.4, 0.5) is 0 Å². The molecular weight excluding hydrogens is 286 g/mol. The number of rotatable bonds is 5. The molecule has 0 aromatic heterocycles. The molecule has 1 amide bonds. The van der Waals surface area contributed by atoms with E-state index in [-0.39, 0.29) is 13.1 Å². The van der Waals surface area contributed by atoms with Crippen molar-refractivity contribution < 1.29 is 23.9 Å².